The number of hydrogen-bond donors (Lipinski definition) is 0. The van der Waals surface area contributed by atoms with E-state index in [2.05, 4.69) is 20.4 Å². The fourth-order valence-electron chi connectivity index (χ4n) is 0. The maximum Gasteiger partial charge on any atom is 2.00 e. The Hall–Kier alpha value is 0.172. The van der Waals surface area contributed by atoms with E-state index in [0.29, 0.717) is 0 Å². The molecule has 0 saturated carbocycles. The Kier molecular flexibility index (Phi) is 53.3. The molecule has 0 nitrogen and oxygen atoms in total. The first-order valence-electron chi connectivity index (χ1n) is 1.78. The van der Waals surface area contributed by atoms with Gasteiger partial charge in [-0.15, -0.1) is 5.54 Å². The summed E-state index contributed by atoms with van der Waals surface area (Å²) in [5.41, 5.74) is 1.36. The molecule has 0 aromatic rings. The molecule has 0 bridgehead atoms. The molecule has 0 aromatic carbocycles. The van der Waals surface area contributed by atoms with Crippen LogP contribution in [0.2, 0.25) is 0 Å². The predicted octanol–water partition coefficient (Wildman–Crippen LogP) is 2.58. The molecule has 0 radical (unpaired) electrons. The van der Waals surface area contributed by atoms with Gasteiger partial charge < -0.3 is 0 Å². The second kappa shape index (κ2) is 27.2. The van der Waals surface area contributed by atoms with E-state index >= 15 is 0 Å². The Labute approximate surface area is 70.3 Å². The second-order valence-electron chi connectivity index (χ2n) is 0.650. The quantitative estimate of drug-likeness (QED) is 0.437. The van der Waals surface area contributed by atoms with E-state index in [1.807, 2.05) is 0 Å². The van der Waals surface area contributed by atoms with E-state index in [-0.39, 0.29) is 20.4 Å². The molecule has 0 fully saturated rings. The molecule has 8 heavy (non-hydrogen) atoms. The van der Waals surface area contributed by atoms with Gasteiger partial charge in [-0.25, -0.2) is 44.2 Å². The summed E-state index contributed by atoms with van der Waals surface area (Å²) in [4.78, 5) is 0. The van der Waals surface area contributed by atoms with E-state index in [1.165, 1.54) is 17.7 Å². The maximum atomic E-state index is 4.94. The zero-order valence-corrected chi connectivity index (χ0v) is 6.86. The molecule has 0 amide bonds. The molecule has 0 atom stereocenters. The Morgan fingerprint density at radius 3 is 1.50 bits per heavy atom. The van der Waals surface area contributed by atoms with Gasteiger partial charge in [0.15, 0.2) is 0 Å². The summed E-state index contributed by atoms with van der Waals surface area (Å²) in [5, 5.41) is 0. The Bertz CT molecular complexity index is 46.5. The van der Waals surface area contributed by atoms with Crippen LogP contribution in [0.3, 0.4) is 0 Å². The summed E-state index contributed by atoms with van der Waals surface area (Å²) in [6.07, 6.45) is 3.02. The first kappa shape index (κ1) is 15.7. The van der Waals surface area contributed by atoms with Crippen molar-refractivity contribution in [2.75, 3.05) is 0 Å². The zero-order chi connectivity index (χ0) is 6.12. The van der Waals surface area contributed by atoms with Crippen molar-refractivity contribution < 1.29 is 20.4 Å². The summed E-state index contributed by atoms with van der Waals surface area (Å²) < 4.78 is 0. The van der Waals surface area contributed by atoms with Crippen molar-refractivity contribution in [2.24, 2.45) is 0 Å². The molecule has 0 aromatic heterocycles. The third kappa shape index (κ3) is 120. The molecule has 0 aliphatic rings. The molecule has 0 aliphatic heterocycles. The number of allylic oxidation sites excluding steroid dienone is 2. The van der Waals surface area contributed by atoms with E-state index in [1.54, 1.807) is 0 Å². The minimum absolute atomic E-state index is 0. The normalized spacial score (nSPS) is 6.12. The fourth-order valence-corrected chi connectivity index (χ4v) is 0. The molecule has 50 valence electrons. The topological polar surface area (TPSA) is 0 Å². The van der Waals surface area contributed by atoms with Crippen molar-refractivity contribution in [1.82, 2.24) is 0 Å². The summed E-state index contributed by atoms with van der Waals surface area (Å²) in [6.45, 7) is 9.79. The molecule has 0 heterocycles. The maximum absolute atomic E-state index is 4.94. The van der Waals surface area contributed by atoms with E-state index in [4.69, 9.17) is 11.6 Å². The summed E-state index contributed by atoms with van der Waals surface area (Å²) >= 11 is 4.94. The van der Waals surface area contributed by atoms with E-state index in [0.717, 1.165) is 0 Å². The van der Waals surface area contributed by atoms with Gasteiger partial charge >= 0.3 is 20.4 Å². The van der Waals surface area contributed by atoms with Crippen molar-refractivity contribution in [2.45, 2.75) is 0 Å². The van der Waals surface area contributed by atoms with Crippen LogP contribution in [-0.4, -0.2) is 0 Å². The number of halogens is 1. The average molecular weight is 223 g/mol. The van der Waals surface area contributed by atoms with Crippen LogP contribution < -0.4 is 0 Å². The van der Waals surface area contributed by atoms with Crippen molar-refractivity contribution in [3.63, 3.8) is 0 Å². The third-order valence-corrected chi connectivity index (χ3v) is 0.267. The van der Waals surface area contributed by atoms with Crippen molar-refractivity contribution in [3.8, 4) is 0 Å². The molecule has 0 saturated heterocycles. The Morgan fingerprint density at radius 2 is 1.50 bits per heavy atom. The standard InChI is InChI=1S/C3H4Cl.C3H5.Pd/c1-2-3-4;1-3-2;/h2-3H,1H2;3H,1-2H2;/q2*-1;+2. The molecule has 0 aliphatic carbocycles. The van der Waals surface area contributed by atoms with E-state index < -0.39 is 0 Å². The van der Waals surface area contributed by atoms with Crippen molar-refractivity contribution >= 4 is 11.6 Å². The molecular formula is C6H9ClPd. The summed E-state index contributed by atoms with van der Waals surface area (Å²) in [5.74, 6) is 0. The average Bonchev–Trinajstić information content (AvgIpc) is 1.69. The van der Waals surface area contributed by atoms with Crippen LogP contribution in [0, 0.1) is 13.8 Å². The van der Waals surface area contributed by atoms with Gasteiger partial charge in [-0.2, -0.15) is 0 Å². The van der Waals surface area contributed by atoms with Crippen molar-refractivity contribution in [1.29, 1.82) is 0 Å². The van der Waals surface area contributed by atoms with Gasteiger partial charge in [-0.05, 0) is 0 Å². The van der Waals surface area contributed by atoms with Crippen LogP contribution in [0.1, 0.15) is 0 Å². The van der Waals surface area contributed by atoms with Crippen molar-refractivity contribution in [3.05, 3.63) is 38.1 Å². The number of rotatable bonds is 0. The van der Waals surface area contributed by atoms with Gasteiger partial charge in [0.1, 0.15) is 0 Å². The molecular weight excluding hydrogens is 214 g/mol. The van der Waals surface area contributed by atoms with Crippen LogP contribution in [0.15, 0.2) is 24.3 Å². The Morgan fingerprint density at radius 1 is 1.38 bits per heavy atom. The zero-order valence-electron chi connectivity index (χ0n) is 4.55. The van der Waals surface area contributed by atoms with Gasteiger partial charge in [0.05, 0.1) is 0 Å². The monoisotopic (exact) mass is 222 g/mol. The largest absolute Gasteiger partial charge is 2.00 e. The fraction of sp³-hybridized carbons (Fsp3) is 0. The van der Waals surface area contributed by atoms with Crippen LogP contribution in [0.25, 0.3) is 0 Å². The molecule has 2 heteroatoms. The SMILES string of the molecule is C=C[CH2-].[CH2-]C=CCl.[Pd+2]. The third-order valence-electron chi connectivity index (χ3n) is 0.0891. The summed E-state index contributed by atoms with van der Waals surface area (Å²) in [7, 11) is 0. The molecule has 0 N–H and O–H groups in total. The van der Waals surface area contributed by atoms with Crippen LogP contribution in [0.5, 0.6) is 0 Å². The van der Waals surface area contributed by atoms with Gasteiger partial charge in [0.25, 0.3) is 0 Å². The van der Waals surface area contributed by atoms with Gasteiger partial charge in [-0.3, -0.25) is 0 Å². The van der Waals surface area contributed by atoms with Gasteiger partial charge in [0.2, 0.25) is 0 Å². The second-order valence-corrected chi connectivity index (χ2v) is 0.902. The predicted molar refractivity (Wildman–Crippen MR) is 35.9 cm³/mol. The summed E-state index contributed by atoms with van der Waals surface area (Å²) in [6, 6.07) is 0. The molecule has 0 rings (SSSR count). The minimum Gasteiger partial charge on any atom is -0.245 e. The van der Waals surface area contributed by atoms with Gasteiger partial charge in [0, 0.05) is 0 Å². The van der Waals surface area contributed by atoms with Crippen LogP contribution >= 0.6 is 11.6 Å². The molecule has 0 spiro atoms. The first-order valence-corrected chi connectivity index (χ1v) is 2.21. The smallest absolute Gasteiger partial charge is 0.245 e. The molecule has 0 unspecified atom stereocenters. The van der Waals surface area contributed by atoms with Crippen LogP contribution in [-0.2, 0) is 20.4 Å². The minimum atomic E-state index is 0. The number of hydrogen-bond acceptors (Lipinski definition) is 0. The van der Waals surface area contributed by atoms with E-state index in [9.17, 15) is 0 Å². The Balaban J connectivity index is -0.0000000575. The van der Waals surface area contributed by atoms with Gasteiger partial charge in [-0.1, -0.05) is 0 Å². The first-order chi connectivity index (χ1) is 3.33. The van der Waals surface area contributed by atoms with Crippen LogP contribution in [0.4, 0.5) is 0 Å².